The first-order valence-corrected chi connectivity index (χ1v) is 10.0. The van der Waals surface area contributed by atoms with Crippen molar-refractivity contribution in [3.8, 4) is 0 Å². The molecule has 0 radical (unpaired) electrons. The van der Waals surface area contributed by atoms with Gasteiger partial charge in [-0.1, -0.05) is 48.5 Å². The third-order valence-corrected chi connectivity index (χ3v) is 6.35. The minimum absolute atomic E-state index is 0.104. The third kappa shape index (κ3) is 2.85. The number of para-hydroxylation sites is 2. The summed E-state index contributed by atoms with van der Waals surface area (Å²) in [4.78, 5) is 15.3. The fraction of sp³-hybridized carbons (Fsp3) is 0.292. The number of hydrogen-bond acceptors (Lipinski definition) is 3. The molecule has 1 fully saturated rings. The molecule has 0 unspecified atom stereocenters. The van der Waals surface area contributed by atoms with Crippen molar-refractivity contribution < 1.29 is 4.79 Å². The van der Waals surface area contributed by atoms with E-state index in [0.29, 0.717) is 0 Å². The van der Waals surface area contributed by atoms with E-state index in [-0.39, 0.29) is 5.91 Å². The van der Waals surface area contributed by atoms with Gasteiger partial charge in [0.2, 0.25) is 5.91 Å². The van der Waals surface area contributed by atoms with Crippen molar-refractivity contribution in [1.29, 1.82) is 0 Å². The number of hydrogen-bond donors (Lipinski definition) is 2. The highest BCUT2D eigenvalue weighted by molar-refractivity contribution is 6.06. The maximum absolute atomic E-state index is 12.8. The molecule has 1 spiro atoms. The topological polar surface area (TPSA) is 44.4 Å². The maximum Gasteiger partial charge on any atom is 0.250 e. The molecular weight excluding hydrogens is 346 g/mol. The van der Waals surface area contributed by atoms with Crippen LogP contribution in [0.25, 0.3) is 10.8 Å². The Hall–Kier alpha value is -2.85. The molecule has 0 aromatic heterocycles. The monoisotopic (exact) mass is 371 g/mol. The molecule has 0 atom stereocenters. The molecule has 2 N–H and O–H groups in total. The van der Waals surface area contributed by atoms with Crippen LogP contribution in [0.3, 0.4) is 0 Å². The molecule has 1 amide bonds. The zero-order chi connectivity index (χ0) is 19.1. The summed E-state index contributed by atoms with van der Waals surface area (Å²) in [5.41, 5.74) is 4.16. The molecule has 3 aromatic rings. The zero-order valence-corrected chi connectivity index (χ0v) is 16.2. The second-order valence-electron chi connectivity index (χ2n) is 8.07. The number of amides is 1. The minimum atomic E-state index is -0.487. The molecule has 4 heteroatoms. The largest absolute Gasteiger partial charge is 0.369 e. The van der Waals surface area contributed by atoms with Crippen molar-refractivity contribution in [1.82, 2.24) is 4.90 Å². The first kappa shape index (κ1) is 17.3. The van der Waals surface area contributed by atoms with E-state index in [1.165, 1.54) is 21.9 Å². The predicted octanol–water partition coefficient (Wildman–Crippen LogP) is 4.55. The van der Waals surface area contributed by atoms with Crippen molar-refractivity contribution >= 4 is 28.1 Å². The van der Waals surface area contributed by atoms with Gasteiger partial charge in [0.1, 0.15) is 5.54 Å². The lowest BCUT2D eigenvalue weighted by Gasteiger charge is -2.44. The van der Waals surface area contributed by atoms with Gasteiger partial charge in [-0.05, 0) is 53.8 Å². The summed E-state index contributed by atoms with van der Waals surface area (Å²) in [7, 11) is 0. The van der Waals surface area contributed by atoms with E-state index in [4.69, 9.17) is 0 Å². The van der Waals surface area contributed by atoms with E-state index in [9.17, 15) is 4.79 Å². The van der Waals surface area contributed by atoms with Crippen LogP contribution in [0, 0.1) is 6.92 Å². The van der Waals surface area contributed by atoms with Crippen molar-refractivity contribution in [3.63, 3.8) is 0 Å². The Kier molecular flexibility index (Phi) is 4.09. The van der Waals surface area contributed by atoms with Gasteiger partial charge in [0.15, 0.2) is 0 Å². The molecule has 2 heterocycles. The summed E-state index contributed by atoms with van der Waals surface area (Å²) in [6.45, 7) is 4.94. The smallest absolute Gasteiger partial charge is 0.250 e. The summed E-state index contributed by atoms with van der Waals surface area (Å²) in [6.07, 6.45) is 1.63. The van der Waals surface area contributed by atoms with Crippen LogP contribution in [-0.4, -0.2) is 29.4 Å². The molecule has 142 valence electrons. The minimum Gasteiger partial charge on any atom is -0.369 e. The Bertz CT molecular complexity index is 1050. The summed E-state index contributed by atoms with van der Waals surface area (Å²) >= 11 is 0. The number of fused-ring (bicyclic) bond motifs is 2. The Morgan fingerprint density at radius 2 is 1.64 bits per heavy atom. The normalized spacial score (nSPS) is 18.5. The van der Waals surface area contributed by atoms with E-state index >= 15 is 0 Å². The van der Waals surface area contributed by atoms with Crippen LogP contribution < -0.4 is 10.6 Å². The third-order valence-electron chi connectivity index (χ3n) is 6.35. The van der Waals surface area contributed by atoms with Crippen LogP contribution in [0.2, 0.25) is 0 Å². The molecular formula is C24H25N3O. The van der Waals surface area contributed by atoms with Gasteiger partial charge >= 0.3 is 0 Å². The van der Waals surface area contributed by atoms with Crippen molar-refractivity contribution in [2.24, 2.45) is 0 Å². The van der Waals surface area contributed by atoms with E-state index in [1.807, 2.05) is 24.3 Å². The molecule has 0 saturated carbocycles. The Morgan fingerprint density at radius 1 is 0.929 bits per heavy atom. The number of aryl methyl sites for hydroxylation is 1. The molecule has 3 aromatic carbocycles. The number of anilines is 2. The first-order valence-electron chi connectivity index (χ1n) is 10.0. The van der Waals surface area contributed by atoms with Gasteiger partial charge in [-0.3, -0.25) is 9.69 Å². The second-order valence-corrected chi connectivity index (χ2v) is 8.07. The van der Waals surface area contributed by atoms with Crippen LogP contribution >= 0.6 is 0 Å². The Balaban J connectivity index is 1.35. The second kappa shape index (κ2) is 6.64. The molecule has 0 bridgehead atoms. The van der Waals surface area contributed by atoms with Crippen LogP contribution in [0.1, 0.15) is 24.0 Å². The summed E-state index contributed by atoms with van der Waals surface area (Å²) < 4.78 is 0. The number of nitrogens with zero attached hydrogens (tertiary/aromatic N) is 1. The highest BCUT2D eigenvalue weighted by Gasteiger charge is 2.44. The fourth-order valence-corrected chi connectivity index (χ4v) is 4.58. The first-order chi connectivity index (χ1) is 13.6. The number of piperidine rings is 1. The van der Waals surface area contributed by atoms with Crippen molar-refractivity contribution in [2.45, 2.75) is 31.8 Å². The van der Waals surface area contributed by atoms with Crippen LogP contribution in [0.15, 0.2) is 60.7 Å². The van der Waals surface area contributed by atoms with Crippen LogP contribution in [-0.2, 0) is 11.3 Å². The quantitative estimate of drug-likeness (QED) is 0.695. The summed E-state index contributed by atoms with van der Waals surface area (Å²) in [5, 5.41) is 9.28. The highest BCUT2D eigenvalue weighted by Crippen LogP contribution is 2.36. The van der Waals surface area contributed by atoms with Gasteiger partial charge in [0, 0.05) is 19.6 Å². The Morgan fingerprint density at radius 3 is 2.46 bits per heavy atom. The summed E-state index contributed by atoms with van der Waals surface area (Å²) in [6, 6.07) is 21.0. The lowest BCUT2D eigenvalue weighted by Crippen LogP contribution is -2.58. The number of carbonyl (C=O) groups excluding carboxylic acids is 1. The van der Waals surface area contributed by atoms with E-state index in [1.54, 1.807) is 0 Å². The molecule has 28 heavy (non-hydrogen) atoms. The fourth-order valence-electron chi connectivity index (χ4n) is 4.58. The van der Waals surface area contributed by atoms with Gasteiger partial charge in [-0.2, -0.15) is 0 Å². The summed E-state index contributed by atoms with van der Waals surface area (Å²) in [5.74, 6) is 0.104. The number of rotatable bonds is 2. The lowest BCUT2D eigenvalue weighted by molar-refractivity contribution is -0.122. The van der Waals surface area contributed by atoms with Gasteiger partial charge in [-0.15, -0.1) is 0 Å². The average Bonchev–Trinajstić information content (AvgIpc) is 2.72. The highest BCUT2D eigenvalue weighted by atomic mass is 16.2. The van der Waals surface area contributed by atoms with Gasteiger partial charge in [0.25, 0.3) is 0 Å². The number of nitrogens with one attached hydrogen (secondary N) is 2. The lowest BCUT2D eigenvalue weighted by atomic mass is 9.84. The molecule has 2 aliphatic rings. The molecule has 4 nitrogen and oxygen atoms in total. The molecule has 5 rings (SSSR count). The number of likely N-dealkylation sites (tertiary alicyclic amines) is 1. The molecule has 2 aliphatic heterocycles. The van der Waals surface area contributed by atoms with Crippen molar-refractivity contribution in [3.05, 3.63) is 71.8 Å². The van der Waals surface area contributed by atoms with Gasteiger partial charge in [-0.25, -0.2) is 0 Å². The van der Waals surface area contributed by atoms with Gasteiger partial charge < -0.3 is 10.6 Å². The Labute approximate surface area is 165 Å². The predicted molar refractivity (Wildman–Crippen MR) is 115 cm³/mol. The number of benzene rings is 3. The van der Waals surface area contributed by atoms with Gasteiger partial charge in [0.05, 0.1) is 11.4 Å². The molecule has 0 aliphatic carbocycles. The van der Waals surface area contributed by atoms with E-state index in [0.717, 1.165) is 43.9 Å². The van der Waals surface area contributed by atoms with Crippen LogP contribution in [0.5, 0.6) is 0 Å². The molecule has 1 saturated heterocycles. The number of carbonyl (C=O) groups is 1. The van der Waals surface area contributed by atoms with E-state index < -0.39 is 5.54 Å². The SMILES string of the molecule is Cc1ccc2ccccc2c1CN1CCC2(CC1)Nc1ccccc1NC2=O. The van der Waals surface area contributed by atoms with Crippen LogP contribution in [0.4, 0.5) is 11.4 Å². The van der Waals surface area contributed by atoms with E-state index in [2.05, 4.69) is 58.9 Å². The standard InChI is InChI=1S/C24H25N3O/c1-17-10-11-18-6-2-3-7-19(18)20(17)16-27-14-12-24(13-15-27)23(28)25-21-8-4-5-9-22(21)26-24/h2-11,26H,12-16H2,1H3,(H,25,28). The maximum atomic E-state index is 12.8. The zero-order valence-electron chi connectivity index (χ0n) is 16.2. The van der Waals surface area contributed by atoms with Crippen molar-refractivity contribution in [2.75, 3.05) is 23.7 Å². The average molecular weight is 371 g/mol.